The molecule has 0 saturated carbocycles. The molecule has 2 aromatic heterocycles. The summed E-state index contributed by atoms with van der Waals surface area (Å²) < 4.78 is 5.97. The molecule has 3 aromatic rings. The minimum Gasteiger partial charge on any atom is -0.481 e. The summed E-state index contributed by atoms with van der Waals surface area (Å²) in [5, 5.41) is 5.68. The van der Waals surface area contributed by atoms with Crippen LogP contribution in [0, 0.1) is 0 Å². The number of H-pyrrole nitrogens is 1. The minimum absolute atomic E-state index is 0.252. The second-order valence-corrected chi connectivity index (χ2v) is 5.36. The molecule has 0 radical (unpaired) electrons. The van der Waals surface area contributed by atoms with Gasteiger partial charge in [0.05, 0.1) is 17.9 Å². The molecule has 0 bridgehead atoms. The zero-order chi connectivity index (χ0) is 17.8. The summed E-state index contributed by atoms with van der Waals surface area (Å²) in [6.45, 7) is -0.0229. The van der Waals surface area contributed by atoms with Gasteiger partial charge in [-0.3, -0.25) is 19.5 Å². The lowest BCUT2D eigenvalue weighted by atomic mass is 10.2. The van der Waals surface area contributed by atoms with Crippen molar-refractivity contribution in [3.05, 3.63) is 68.9 Å². The van der Waals surface area contributed by atoms with Crippen LogP contribution in [0.15, 0.2) is 52.2 Å². The molecule has 3 rings (SSSR count). The van der Waals surface area contributed by atoms with Crippen LogP contribution in [0.25, 0.3) is 10.8 Å². The van der Waals surface area contributed by atoms with Gasteiger partial charge in [-0.1, -0.05) is 18.2 Å². The number of benzene rings is 1. The molecule has 0 aliphatic carbocycles. The van der Waals surface area contributed by atoms with Crippen LogP contribution in [0.5, 0.6) is 5.88 Å². The highest BCUT2D eigenvalue weighted by atomic mass is 16.5. The summed E-state index contributed by atoms with van der Waals surface area (Å²) in [7, 11) is 1.52. The second-order valence-electron chi connectivity index (χ2n) is 5.36. The Morgan fingerprint density at radius 2 is 1.96 bits per heavy atom. The molecular weight excluding hydrogens is 324 g/mol. The van der Waals surface area contributed by atoms with Crippen LogP contribution in [0.1, 0.15) is 5.56 Å². The van der Waals surface area contributed by atoms with E-state index in [1.165, 1.54) is 7.11 Å². The van der Waals surface area contributed by atoms with Gasteiger partial charge in [0.2, 0.25) is 11.8 Å². The highest BCUT2D eigenvalue weighted by Gasteiger charge is 2.10. The average Bonchev–Trinajstić information content (AvgIpc) is 2.64. The van der Waals surface area contributed by atoms with E-state index in [0.717, 1.165) is 10.2 Å². The molecular formula is C17H16N4O4. The molecule has 0 unspecified atom stereocenters. The fourth-order valence-electron chi connectivity index (χ4n) is 2.39. The first-order chi connectivity index (χ1) is 12.1. The van der Waals surface area contributed by atoms with Crippen molar-refractivity contribution in [3.8, 4) is 5.88 Å². The van der Waals surface area contributed by atoms with Crippen LogP contribution in [-0.4, -0.2) is 27.8 Å². The summed E-state index contributed by atoms with van der Waals surface area (Å²) in [4.78, 5) is 40.5. The van der Waals surface area contributed by atoms with Gasteiger partial charge in [-0.2, -0.15) is 0 Å². The van der Waals surface area contributed by atoms with Gasteiger partial charge >= 0.3 is 0 Å². The molecule has 25 heavy (non-hydrogen) atoms. The summed E-state index contributed by atoms with van der Waals surface area (Å²) in [5.41, 5.74) is -0.0488. The summed E-state index contributed by atoms with van der Waals surface area (Å²) in [6, 6.07) is 9.94. The van der Waals surface area contributed by atoms with Crippen LogP contribution in [0.4, 0.5) is 0 Å². The first-order valence-corrected chi connectivity index (χ1v) is 7.56. The highest BCUT2D eigenvalue weighted by Crippen LogP contribution is 2.06. The molecule has 0 aliphatic heterocycles. The van der Waals surface area contributed by atoms with E-state index < -0.39 is 17.0 Å². The SMILES string of the molecule is COc1ccc(CNC(=O)Cn2[nH]c(=O)c3ccccc3c2=O)cn1. The molecule has 8 nitrogen and oxygen atoms in total. The molecule has 0 fully saturated rings. The Morgan fingerprint density at radius 3 is 2.64 bits per heavy atom. The van der Waals surface area contributed by atoms with Crippen LogP contribution in [-0.2, 0) is 17.9 Å². The molecule has 0 saturated heterocycles. The largest absolute Gasteiger partial charge is 0.481 e. The molecule has 0 spiro atoms. The van der Waals surface area contributed by atoms with Gasteiger partial charge in [0.1, 0.15) is 6.54 Å². The molecule has 128 valence electrons. The van der Waals surface area contributed by atoms with Gasteiger partial charge in [0.25, 0.3) is 11.1 Å². The fourth-order valence-corrected chi connectivity index (χ4v) is 2.39. The van der Waals surface area contributed by atoms with E-state index in [9.17, 15) is 14.4 Å². The first-order valence-electron chi connectivity index (χ1n) is 7.56. The number of ether oxygens (including phenoxy) is 1. The predicted molar refractivity (Wildman–Crippen MR) is 91.5 cm³/mol. The normalized spacial score (nSPS) is 10.6. The van der Waals surface area contributed by atoms with Crippen molar-refractivity contribution >= 4 is 16.7 Å². The zero-order valence-electron chi connectivity index (χ0n) is 13.5. The Hall–Kier alpha value is -3.42. The van der Waals surface area contributed by atoms with Crippen LogP contribution in [0.3, 0.4) is 0 Å². The maximum atomic E-state index is 12.3. The van der Waals surface area contributed by atoms with Gasteiger partial charge in [-0.05, 0) is 17.7 Å². The molecule has 1 amide bonds. The van der Waals surface area contributed by atoms with Crippen LogP contribution in [0.2, 0.25) is 0 Å². The number of nitrogens with zero attached hydrogens (tertiary/aromatic N) is 2. The molecule has 0 atom stereocenters. The Morgan fingerprint density at radius 1 is 1.20 bits per heavy atom. The van der Waals surface area contributed by atoms with Gasteiger partial charge < -0.3 is 10.1 Å². The fraction of sp³-hybridized carbons (Fsp3) is 0.176. The number of pyridine rings is 1. The average molecular weight is 340 g/mol. The third-order valence-electron chi connectivity index (χ3n) is 3.68. The summed E-state index contributed by atoms with van der Waals surface area (Å²) in [5.74, 6) is 0.0826. The van der Waals surface area contributed by atoms with Crippen molar-refractivity contribution in [3.63, 3.8) is 0 Å². The smallest absolute Gasteiger partial charge is 0.273 e. The van der Waals surface area contributed by atoms with Crippen LogP contribution < -0.4 is 21.2 Å². The highest BCUT2D eigenvalue weighted by molar-refractivity contribution is 5.81. The van der Waals surface area contributed by atoms with E-state index in [2.05, 4.69) is 15.4 Å². The molecule has 2 heterocycles. The summed E-state index contributed by atoms with van der Waals surface area (Å²) in [6.07, 6.45) is 1.59. The van der Waals surface area contributed by atoms with Gasteiger partial charge in [-0.15, -0.1) is 0 Å². The number of hydrogen-bond acceptors (Lipinski definition) is 5. The predicted octanol–water partition coefficient (Wildman–Crippen LogP) is 0.410. The van der Waals surface area contributed by atoms with Crippen molar-refractivity contribution in [1.82, 2.24) is 20.1 Å². The van der Waals surface area contributed by atoms with E-state index in [1.54, 1.807) is 42.6 Å². The Balaban J connectivity index is 1.72. The third kappa shape index (κ3) is 3.57. The Kier molecular flexibility index (Phi) is 4.60. The number of carbonyl (C=O) groups is 1. The van der Waals surface area contributed by atoms with Crippen molar-refractivity contribution in [2.75, 3.05) is 7.11 Å². The standard InChI is InChI=1S/C17H16N4O4/c1-25-15-7-6-11(9-19-15)8-18-14(22)10-21-17(24)13-5-3-2-4-12(13)16(23)20-21/h2-7,9H,8,10H2,1H3,(H,18,22)(H,20,23). The maximum absolute atomic E-state index is 12.3. The van der Waals surface area contributed by atoms with Crippen molar-refractivity contribution < 1.29 is 9.53 Å². The first kappa shape index (κ1) is 16.4. The monoisotopic (exact) mass is 340 g/mol. The zero-order valence-corrected chi connectivity index (χ0v) is 13.5. The van der Waals surface area contributed by atoms with Gasteiger partial charge in [0, 0.05) is 18.8 Å². The summed E-state index contributed by atoms with van der Waals surface area (Å²) >= 11 is 0. The lowest BCUT2D eigenvalue weighted by Gasteiger charge is -2.08. The van der Waals surface area contributed by atoms with Crippen molar-refractivity contribution in [1.29, 1.82) is 0 Å². The molecule has 8 heteroatoms. The molecule has 1 aromatic carbocycles. The van der Waals surface area contributed by atoms with E-state index in [1.807, 2.05) is 0 Å². The Bertz CT molecular complexity index is 1020. The minimum atomic E-state index is -0.420. The van der Waals surface area contributed by atoms with E-state index in [-0.39, 0.29) is 18.5 Å². The second kappa shape index (κ2) is 7.00. The number of nitrogens with one attached hydrogen (secondary N) is 2. The van der Waals surface area contributed by atoms with Crippen LogP contribution >= 0.6 is 0 Å². The third-order valence-corrected chi connectivity index (χ3v) is 3.68. The number of aromatic amines is 1. The lowest BCUT2D eigenvalue weighted by molar-refractivity contribution is -0.122. The lowest BCUT2D eigenvalue weighted by Crippen LogP contribution is -2.36. The Labute approximate surface area is 142 Å². The number of aromatic nitrogens is 3. The van der Waals surface area contributed by atoms with Gasteiger partial charge in [0.15, 0.2) is 0 Å². The number of rotatable bonds is 5. The van der Waals surface area contributed by atoms with E-state index in [4.69, 9.17) is 4.74 Å². The maximum Gasteiger partial charge on any atom is 0.273 e. The number of amides is 1. The molecule has 2 N–H and O–H groups in total. The number of carbonyl (C=O) groups excluding carboxylic acids is 1. The van der Waals surface area contributed by atoms with Crippen molar-refractivity contribution in [2.24, 2.45) is 0 Å². The van der Waals surface area contributed by atoms with Gasteiger partial charge in [-0.25, -0.2) is 9.67 Å². The van der Waals surface area contributed by atoms with E-state index in [0.29, 0.717) is 11.3 Å². The van der Waals surface area contributed by atoms with Crippen molar-refractivity contribution in [2.45, 2.75) is 13.1 Å². The number of fused-ring (bicyclic) bond motifs is 1. The molecule has 0 aliphatic rings. The van der Waals surface area contributed by atoms with E-state index >= 15 is 0 Å². The number of methoxy groups -OCH3 is 1. The topological polar surface area (TPSA) is 106 Å². The number of hydrogen-bond donors (Lipinski definition) is 2. The quantitative estimate of drug-likeness (QED) is 0.700.